The molecule has 2 rings (SSSR count). The molecule has 0 saturated heterocycles. The average molecular weight is 200 g/mol. The summed E-state index contributed by atoms with van der Waals surface area (Å²) in [5.74, 6) is 0. The molecule has 0 aromatic heterocycles. The highest BCUT2D eigenvalue weighted by Gasteiger charge is 2.07. The lowest BCUT2D eigenvalue weighted by Gasteiger charge is -2.10. The molecule has 0 aliphatic heterocycles. The Morgan fingerprint density at radius 2 is 2.13 bits per heavy atom. The molecule has 1 aliphatic carbocycles. The maximum absolute atomic E-state index is 5.86. The van der Waals surface area contributed by atoms with Gasteiger partial charge in [0.15, 0.2) is 0 Å². The fourth-order valence-electron chi connectivity index (χ4n) is 1.91. The smallest absolute Gasteiger partial charge is 0.0180 e. The van der Waals surface area contributed by atoms with Gasteiger partial charge in [-0.25, -0.2) is 0 Å². The van der Waals surface area contributed by atoms with E-state index in [1.807, 2.05) is 12.2 Å². The Morgan fingerprint density at radius 3 is 2.87 bits per heavy atom. The molecule has 0 spiro atoms. The number of nitrogens with two attached hydrogens (primary N) is 2. The topological polar surface area (TPSA) is 52.0 Å². The Balaban J connectivity index is 2.52. The minimum absolute atomic E-state index is 0.590. The third-order valence-electron chi connectivity index (χ3n) is 2.80. The van der Waals surface area contributed by atoms with Gasteiger partial charge in [0.05, 0.1) is 0 Å². The molecule has 1 aliphatic rings. The van der Waals surface area contributed by atoms with Gasteiger partial charge in [-0.05, 0) is 35.3 Å². The van der Waals surface area contributed by atoms with Gasteiger partial charge >= 0.3 is 0 Å². The summed E-state index contributed by atoms with van der Waals surface area (Å²) in [4.78, 5) is 0. The minimum Gasteiger partial charge on any atom is -0.402 e. The van der Waals surface area contributed by atoms with Crippen molar-refractivity contribution in [3.8, 4) is 0 Å². The zero-order valence-corrected chi connectivity index (χ0v) is 8.96. The largest absolute Gasteiger partial charge is 0.402 e. The van der Waals surface area contributed by atoms with Crippen LogP contribution in [0.1, 0.15) is 22.3 Å². The first-order chi connectivity index (χ1) is 7.20. The van der Waals surface area contributed by atoms with Crippen molar-refractivity contribution in [1.29, 1.82) is 0 Å². The lowest BCUT2D eigenvalue weighted by Crippen LogP contribution is -2.05. The first-order valence-corrected chi connectivity index (χ1v) is 5.16. The number of rotatable bonds is 1. The molecular weight excluding hydrogens is 184 g/mol. The molecule has 78 valence electrons. The van der Waals surface area contributed by atoms with Crippen LogP contribution < -0.4 is 11.5 Å². The van der Waals surface area contributed by atoms with Crippen molar-refractivity contribution in [2.75, 3.05) is 0 Å². The van der Waals surface area contributed by atoms with Gasteiger partial charge in [-0.15, -0.1) is 0 Å². The molecule has 1 aromatic rings. The van der Waals surface area contributed by atoms with Crippen LogP contribution in [0.25, 0.3) is 6.08 Å². The van der Waals surface area contributed by atoms with Gasteiger partial charge in [0.2, 0.25) is 0 Å². The predicted molar refractivity (Wildman–Crippen MR) is 64.1 cm³/mol. The van der Waals surface area contributed by atoms with E-state index in [1.165, 1.54) is 22.3 Å². The van der Waals surface area contributed by atoms with Crippen molar-refractivity contribution in [1.82, 2.24) is 0 Å². The predicted octanol–water partition coefficient (Wildman–Crippen LogP) is 1.87. The van der Waals surface area contributed by atoms with Crippen LogP contribution in [-0.2, 0) is 13.0 Å². The SMILES string of the molecule is Cc1cc2c(cc1CN)CC(N)=CC=C2. The third-order valence-corrected chi connectivity index (χ3v) is 2.80. The van der Waals surface area contributed by atoms with Gasteiger partial charge in [0.1, 0.15) is 0 Å². The Kier molecular flexibility index (Phi) is 2.60. The van der Waals surface area contributed by atoms with E-state index in [0.717, 1.165) is 12.1 Å². The van der Waals surface area contributed by atoms with E-state index in [0.29, 0.717) is 6.54 Å². The van der Waals surface area contributed by atoms with Crippen LogP contribution in [0.3, 0.4) is 0 Å². The fourth-order valence-corrected chi connectivity index (χ4v) is 1.91. The summed E-state index contributed by atoms with van der Waals surface area (Å²) in [5.41, 5.74) is 17.4. The van der Waals surface area contributed by atoms with Crippen LogP contribution >= 0.6 is 0 Å². The summed E-state index contributed by atoms with van der Waals surface area (Å²) >= 11 is 0. The van der Waals surface area contributed by atoms with Crippen molar-refractivity contribution >= 4 is 6.08 Å². The second-order valence-corrected chi connectivity index (χ2v) is 3.96. The molecule has 4 N–H and O–H groups in total. The Hall–Kier alpha value is -1.54. The molecule has 0 atom stereocenters. The zero-order valence-electron chi connectivity index (χ0n) is 8.96. The highest BCUT2D eigenvalue weighted by molar-refractivity contribution is 5.60. The second-order valence-electron chi connectivity index (χ2n) is 3.96. The highest BCUT2D eigenvalue weighted by Crippen LogP contribution is 2.21. The monoisotopic (exact) mass is 200 g/mol. The number of hydrogen-bond donors (Lipinski definition) is 2. The molecule has 0 heterocycles. The molecule has 0 radical (unpaired) electrons. The average Bonchev–Trinajstić information content (AvgIpc) is 2.37. The van der Waals surface area contributed by atoms with Gasteiger partial charge in [-0.2, -0.15) is 0 Å². The first-order valence-electron chi connectivity index (χ1n) is 5.16. The molecule has 0 saturated carbocycles. The maximum Gasteiger partial charge on any atom is 0.0180 e. The van der Waals surface area contributed by atoms with E-state index in [2.05, 4.69) is 25.1 Å². The Labute approximate surface area is 90.3 Å². The van der Waals surface area contributed by atoms with Gasteiger partial charge in [-0.3, -0.25) is 0 Å². The molecular formula is C13H16N2. The van der Waals surface area contributed by atoms with E-state index in [9.17, 15) is 0 Å². The molecule has 0 unspecified atom stereocenters. The lowest BCUT2D eigenvalue weighted by atomic mass is 9.97. The normalized spacial score (nSPS) is 14.4. The summed E-state index contributed by atoms with van der Waals surface area (Å²) in [7, 11) is 0. The summed E-state index contributed by atoms with van der Waals surface area (Å²) in [6, 6.07) is 4.35. The Morgan fingerprint density at radius 1 is 1.33 bits per heavy atom. The molecule has 1 aromatic carbocycles. The van der Waals surface area contributed by atoms with Crippen molar-refractivity contribution < 1.29 is 0 Å². The lowest BCUT2D eigenvalue weighted by molar-refractivity contribution is 1.02. The second kappa shape index (κ2) is 3.91. The van der Waals surface area contributed by atoms with Crippen LogP contribution in [0.2, 0.25) is 0 Å². The molecule has 2 heteroatoms. The van der Waals surface area contributed by atoms with Crippen LogP contribution in [0.4, 0.5) is 0 Å². The number of allylic oxidation sites excluding steroid dienone is 3. The Bertz CT molecular complexity index is 442. The molecule has 2 nitrogen and oxygen atoms in total. The van der Waals surface area contributed by atoms with Crippen molar-refractivity contribution in [3.05, 3.63) is 52.2 Å². The van der Waals surface area contributed by atoms with E-state index < -0.39 is 0 Å². The maximum atomic E-state index is 5.86. The number of hydrogen-bond acceptors (Lipinski definition) is 2. The zero-order chi connectivity index (χ0) is 10.8. The van der Waals surface area contributed by atoms with E-state index >= 15 is 0 Å². The first kappa shape index (κ1) is 9.99. The van der Waals surface area contributed by atoms with Gasteiger partial charge in [0, 0.05) is 18.7 Å². The number of aryl methyl sites for hydroxylation is 1. The van der Waals surface area contributed by atoms with Gasteiger partial charge in [-0.1, -0.05) is 24.3 Å². The van der Waals surface area contributed by atoms with Crippen LogP contribution in [0, 0.1) is 6.92 Å². The van der Waals surface area contributed by atoms with Crippen molar-refractivity contribution in [2.45, 2.75) is 19.9 Å². The molecule has 15 heavy (non-hydrogen) atoms. The molecule has 0 amide bonds. The van der Waals surface area contributed by atoms with Crippen molar-refractivity contribution in [3.63, 3.8) is 0 Å². The van der Waals surface area contributed by atoms with Gasteiger partial charge < -0.3 is 11.5 Å². The van der Waals surface area contributed by atoms with Crippen LogP contribution in [-0.4, -0.2) is 0 Å². The summed E-state index contributed by atoms with van der Waals surface area (Å²) in [6.07, 6.45) is 6.87. The van der Waals surface area contributed by atoms with E-state index in [-0.39, 0.29) is 0 Å². The standard InChI is InChI=1S/C13H16N2/c1-9-5-10-3-2-4-13(15)7-11(10)6-12(9)8-14/h2-6H,7-8,14-15H2,1H3. The third kappa shape index (κ3) is 1.95. The summed E-state index contributed by atoms with van der Waals surface area (Å²) in [5, 5.41) is 0. The van der Waals surface area contributed by atoms with E-state index in [1.54, 1.807) is 0 Å². The number of benzene rings is 1. The van der Waals surface area contributed by atoms with Crippen LogP contribution in [0.15, 0.2) is 30.0 Å². The highest BCUT2D eigenvalue weighted by atomic mass is 14.6. The molecule has 0 bridgehead atoms. The number of fused-ring (bicyclic) bond motifs is 1. The summed E-state index contributed by atoms with van der Waals surface area (Å²) in [6.45, 7) is 2.68. The van der Waals surface area contributed by atoms with Crippen LogP contribution in [0.5, 0.6) is 0 Å². The van der Waals surface area contributed by atoms with Crippen molar-refractivity contribution in [2.24, 2.45) is 11.5 Å². The summed E-state index contributed by atoms with van der Waals surface area (Å²) < 4.78 is 0. The van der Waals surface area contributed by atoms with E-state index in [4.69, 9.17) is 11.5 Å². The molecule has 0 fully saturated rings. The quantitative estimate of drug-likeness (QED) is 0.727. The minimum atomic E-state index is 0.590. The fraction of sp³-hybridized carbons (Fsp3) is 0.231. The van der Waals surface area contributed by atoms with Gasteiger partial charge in [0.25, 0.3) is 0 Å².